The topological polar surface area (TPSA) is 21.3 Å². The minimum absolute atomic E-state index is 0.262. The molecule has 0 rings (SSSR count). The van der Waals surface area contributed by atoms with Gasteiger partial charge in [-0.05, 0) is 18.1 Å². The molecule has 68 valence electrons. The normalized spacial score (nSPS) is 18.0. The molecule has 0 aromatic heterocycles. The molecule has 11 heavy (non-hydrogen) atoms. The Morgan fingerprint density at radius 1 is 1.36 bits per heavy atom. The van der Waals surface area contributed by atoms with Crippen molar-refractivity contribution in [1.29, 1.82) is 0 Å². The van der Waals surface area contributed by atoms with Gasteiger partial charge in [0.2, 0.25) is 0 Å². The van der Waals surface area contributed by atoms with Crippen molar-refractivity contribution in [3.63, 3.8) is 0 Å². The minimum Gasteiger partial charge on any atom is -0.406 e. The molecule has 0 saturated heterocycles. The summed E-state index contributed by atoms with van der Waals surface area (Å²) in [6.07, 6.45) is 0. The molecule has 0 spiro atoms. The SMILES string of the molecule is CCN[Si](C)(OC)C(C)(C)C. The third-order valence-corrected chi connectivity index (χ3v) is 7.06. The lowest BCUT2D eigenvalue weighted by Gasteiger charge is -2.38. The Kier molecular flexibility index (Phi) is 3.74. The van der Waals surface area contributed by atoms with Crippen LogP contribution in [0.1, 0.15) is 27.7 Å². The van der Waals surface area contributed by atoms with Gasteiger partial charge in [0.05, 0.1) is 0 Å². The lowest BCUT2D eigenvalue weighted by atomic mass is 10.2. The molecule has 1 N–H and O–H groups in total. The molecule has 0 amide bonds. The Morgan fingerprint density at radius 2 is 1.82 bits per heavy atom. The van der Waals surface area contributed by atoms with Crippen molar-refractivity contribution < 1.29 is 4.43 Å². The van der Waals surface area contributed by atoms with Crippen molar-refractivity contribution in [3.05, 3.63) is 0 Å². The summed E-state index contributed by atoms with van der Waals surface area (Å²) in [5.74, 6) is 0. The van der Waals surface area contributed by atoms with E-state index in [1.807, 2.05) is 0 Å². The Bertz CT molecular complexity index is 122. The van der Waals surface area contributed by atoms with Crippen LogP contribution in [0.5, 0.6) is 0 Å². The lowest BCUT2D eigenvalue weighted by molar-refractivity contribution is 0.352. The molecule has 2 nitrogen and oxygen atoms in total. The maximum Gasteiger partial charge on any atom is 0.270 e. The highest BCUT2D eigenvalue weighted by molar-refractivity contribution is 6.72. The third-order valence-electron chi connectivity index (χ3n) is 2.35. The van der Waals surface area contributed by atoms with E-state index in [-0.39, 0.29) is 5.04 Å². The predicted molar refractivity (Wildman–Crippen MR) is 52.0 cm³/mol. The second kappa shape index (κ2) is 3.69. The molecule has 0 aliphatic carbocycles. The van der Waals surface area contributed by atoms with Gasteiger partial charge in [0, 0.05) is 7.11 Å². The maximum absolute atomic E-state index is 5.57. The summed E-state index contributed by atoms with van der Waals surface area (Å²) in [5.41, 5.74) is 0. The van der Waals surface area contributed by atoms with Crippen molar-refractivity contribution in [2.75, 3.05) is 13.7 Å². The first-order valence-electron chi connectivity index (χ1n) is 4.17. The largest absolute Gasteiger partial charge is 0.406 e. The van der Waals surface area contributed by atoms with E-state index in [9.17, 15) is 0 Å². The van der Waals surface area contributed by atoms with Gasteiger partial charge in [-0.3, -0.25) is 0 Å². The molecule has 0 aliphatic rings. The van der Waals surface area contributed by atoms with Crippen molar-refractivity contribution in [3.8, 4) is 0 Å². The molecule has 0 radical (unpaired) electrons. The standard InChI is InChI=1S/C8H21NOSi/c1-7-9-11(6,10-5)8(2,3)4/h9H,7H2,1-6H3. The fraction of sp³-hybridized carbons (Fsp3) is 1.00. The smallest absolute Gasteiger partial charge is 0.270 e. The van der Waals surface area contributed by atoms with Crippen LogP contribution in [0.25, 0.3) is 0 Å². The monoisotopic (exact) mass is 175 g/mol. The van der Waals surface area contributed by atoms with Gasteiger partial charge in [0.15, 0.2) is 0 Å². The number of nitrogens with one attached hydrogen (secondary N) is 1. The van der Waals surface area contributed by atoms with Gasteiger partial charge in [-0.15, -0.1) is 0 Å². The van der Waals surface area contributed by atoms with E-state index in [2.05, 4.69) is 39.2 Å². The summed E-state index contributed by atoms with van der Waals surface area (Å²) in [6.45, 7) is 12.0. The van der Waals surface area contributed by atoms with Crippen LogP contribution in [0.3, 0.4) is 0 Å². The minimum atomic E-state index is -1.67. The lowest BCUT2D eigenvalue weighted by Crippen LogP contribution is -2.56. The molecule has 0 aromatic rings. The quantitative estimate of drug-likeness (QED) is 0.663. The maximum atomic E-state index is 5.57. The van der Waals surface area contributed by atoms with E-state index in [0.717, 1.165) is 6.54 Å². The fourth-order valence-electron chi connectivity index (χ4n) is 0.981. The van der Waals surface area contributed by atoms with E-state index < -0.39 is 8.48 Å². The van der Waals surface area contributed by atoms with E-state index in [1.165, 1.54) is 0 Å². The molecular weight excluding hydrogens is 154 g/mol. The van der Waals surface area contributed by atoms with Gasteiger partial charge in [0.25, 0.3) is 8.48 Å². The number of hydrogen-bond acceptors (Lipinski definition) is 2. The summed E-state index contributed by atoms with van der Waals surface area (Å²) in [6, 6.07) is 0. The fourth-order valence-corrected chi connectivity index (χ4v) is 2.94. The summed E-state index contributed by atoms with van der Waals surface area (Å²) < 4.78 is 5.57. The van der Waals surface area contributed by atoms with Crippen molar-refractivity contribution in [2.24, 2.45) is 0 Å². The molecule has 0 aliphatic heterocycles. The van der Waals surface area contributed by atoms with Crippen molar-refractivity contribution in [1.82, 2.24) is 4.98 Å². The van der Waals surface area contributed by atoms with Gasteiger partial charge in [-0.1, -0.05) is 27.7 Å². The summed E-state index contributed by atoms with van der Waals surface area (Å²) >= 11 is 0. The van der Waals surface area contributed by atoms with E-state index in [4.69, 9.17) is 4.43 Å². The predicted octanol–water partition coefficient (Wildman–Crippen LogP) is 2.11. The zero-order valence-corrected chi connectivity index (χ0v) is 9.62. The molecule has 0 bridgehead atoms. The number of rotatable bonds is 3. The molecule has 1 unspecified atom stereocenters. The second-order valence-corrected chi connectivity index (χ2v) is 8.35. The zero-order chi connectivity index (χ0) is 9.12. The molecule has 3 heteroatoms. The van der Waals surface area contributed by atoms with Crippen LogP contribution in [0.2, 0.25) is 11.6 Å². The van der Waals surface area contributed by atoms with Crippen molar-refractivity contribution in [2.45, 2.75) is 39.3 Å². The van der Waals surface area contributed by atoms with Crippen LogP contribution >= 0.6 is 0 Å². The average molecular weight is 175 g/mol. The van der Waals surface area contributed by atoms with Crippen LogP contribution in [0, 0.1) is 0 Å². The Balaban J connectivity index is 4.33. The summed E-state index contributed by atoms with van der Waals surface area (Å²) in [4.78, 5) is 3.47. The Morgan fingerprint density at radius 3 is 1.91 bits per heavy atom. The van der Waals surface area contributed by atoms with Gasteiger partial charge in [-0.25, -0.2) is 0 Å². The Labute approximate surface area is 71.5 Å². The third kappa shape index (κ3) is 2.58. The zero-order valence-electron chi connectivity index (χ0n) is 8.62. The van der Waals surface area contributed by atoms with Crippen LogP contribution in [0.15, 0.2) is 0 Å². The molecule has 0 aromatic carbocycles. The first-order chi connectivity index (χ1) is 4.87. The molecule has 0 heterocycles. The van der Waals surface area contributed by atoms with Crippen LogP contribution in [0.4, 0.5) is 0 Å². The van der Waals surface area contributed by atoms with E-state index in [0.29, 0.717) is 0 Å². The van der Waals surface area contributed by atoms with Gasteiger partial charge in [0.1, 0.15) is 0 Å². The van der Waals surface area contributed by atoms with Crippen LogP contribution in [-0.2, 0) is 4.43 Å². The first kappa shape index (κ1) is 11.1. The molecule has 1 atom stereocenters. The molecule has 0 saturated carbocycles. The van der Waals surface area contributed by atoms with E-state index in [1.54, 1.807) is 7.11 Å². The second-order valence-electron chi connectivity index (χ2n) is 4.02. The number of hydrogen-bond donors (Lipinski definition) is 1. The average Bonchev–Trinajstić information content (AvgIpc) is 1.86. The highest BCUT2D eigenvalue weighted by Gasteiger charge is 2.40. The highest BCUT2D eigenvalue weighted by atomic mass is 28.4. The van der Waals surface area contributed by atoms with E-state index >= 15 is 0 Å². The highest BCUT2D eigenvalue weighted by Crippen LogP contribution is 2.33. The van der Waals surface area contributed by atoms with Crippen LogP contribution < -0.4 is 4.98 Å². The summed E-state index contributed by atoms with van der Waals surface area (Å²) in [5, 5.41) is 0.262. The summed E-state index contributed by atoms with van der Waals surface area (Å²) in [7, 11) is 0.131. The van der Waals surface area contributed by atoms with Crippen LogP contribution in [-0.4, -0.2) is 22.1 Å². The first-order valence-corrected chi connectivity index (χ1v) is 6.58. The Hall–Kier alpha value is 0.137. The van der Waals surface area contributed by atoms with Gasteiger partial charge < -0.3 is 9.41 Å². The van der Waals surface area contributed by atoms with Gasteiger partial charge in [-0.2, -0.15) is 0 Å². The molecular formula is C8H21NOSi. The van der Waals surface area contributed by atoms with Crippen molar-refractivity contribution >= 4 is 8.48 Å². The van der Waals surface area contributed by atoms with Gasteiger partial charge >= 0.3 is 0 Å². The molecule has 0 fully saturated rings.